The zero-order chi connectivity index (χ0) is 14.4. The Balaban J connectivity index is 2.42. The maximum absolute atomic E-state index is 11.8. The number of hydrogen-bond donors (Lipinski definition) is 3. The molecule has 0 aromatic heterocycles. The van der Waals surface area contributed by atoms with E-state index in [-0.39, 0.29) is 23.4 Å². The lowest BCUT2D eigenvalue weighted by atomic mass is 9.96. The van der Waals surface area contributed by atoms with Crippen molar-refractivity contribution in [3.05, 3.63) is 0 Å². The molecule has 19 heavy (non-hydrogen) atoms. The molecular weight excluding hydrogens is 268 g/mol. The molecule has 0 unspecified atom stereocenters. The fourth-order valence-corrected chi connectivity index (χ4v) is 2.01. The quantitative estimate of drug-likeness (QED) is 0.427. The van der Waals surface area contributed by atoms with Crippen LogP contribution in [0.25, 0.3) is 0 Å². The normalized spacial score (nSPS) is 15.7. The summed E-state index contributed by atoms with van der Waals surface area (Å²) in [5.74, 6) is -1.43. The Kier molecular flexibility index (Phi) is 5.68. The number of nitrogens with one attached hydrogen (secondary N) is 2. The Hall–Kier alpha value is -1.70. The Labute approximate surface area is 116 Å². The summed E-state index contributed by atoms with van der Waals surface area (Å²) < 4.78 is 0. The molecular formula is C11H18N4O3S. The van der Waals surface area contributed by atoms with Gasteiger partial charge < -0.3 is 21.3 Å². The van der Waals surface area contributed by atoms with Crippen molar-refractivity contribution in [1.82, 2.24) is 15.5 Å². The van der Waals surface area contributed by atoms with Gasteiger partial charge in [0.1, 0.15) is 0 Å². The second kappa shape index (κ2) is 7.03. The summed E-state index contributed by atoms with van der Waals surface area (Å²) in [5.41, 5.74) is 5.23. The lowest BCUT2D eigenvalue weighted by Gasteiger charge is -2.30. The third-order valence-corrected chi connectivity index (χ3v) is 3.16. The van der Waals surface area contributed by atoms with Crippen molar-refractivity contribution < 1.29 is 14.4 Å². The molecule has 7 nitrogen and oxygen atoms in total. The van der Waals surface area contributed by atoms with Gasteiger partial charge in [-0.2, -0.15) is 0 Å². The topological polar surface area (TPSA) is 105 Å². The van der Waals surface area contributed by atoms with Crippen LogP contribution >= 0.6 is 12.2 Å². The number of piperidine rings is 1. The summed E-state index contributed by atoms with van der Waals surface area (Å²) in [6.45, 7) is 0.809. The Morgan fingerprint density at radius 1 is 1.32 bits per heavy atom. The summed E-state index contributed by atoms with van der Waals surface area (Å²) in [6.07, 6.45) is 1.13. The Bertz CT molecular complexity index is 391. The summed E-state index contributed by atoms with van der Waals surface area (Å²) in [7, 11) is 1.59. The predicted molar refractivity (Wildman–Crippen MR) is 73.2 cm³/mol. The Morgan fingerprint density at radius 3 is 2.37 bits per heavy atom. The first-order valence-electron chi connectivity index (χ1n) is 6.02. The molecule has 8 heteroatoms. The monoisotopic (exact) mass is 286 g/mol. The van der Waals surface area contributed by atoms with Crippen LogP contribution < -0.4 is 16.4 Å². The van der Waals surface area contributed by atoms with Gasteiger partial charge in [0.25, 0.3) is 0 Å². The molecule has 0 spiro atoms. The van der Waals surface area contributed by atoms with Gasteiger partial charge in [-0.05, 0) is 12.8 Å². The number of likely N-dealkylation sites (tertiary alicyclic amines) is 1. The highest BCUT2D eigenvalue weighted by Crippen LogP contribution is 2.17. The molecule has 0 aromatic carbocycles. The average molecular weight is 286 g/mol. The number of hydrogen-bond acceptors (Lipinski definition) is 4. The van der Waals surface area contributed by atoms with E-state index in [9.17, 15) is 14.4 Å². The van der Waals surface area contributed by atoms with Crippen molar-refractivity contribution in [3.8, 4) is 0 Å². The van der Waals surface area contributed by atoms with Crippen LogP contribution in [0.15, 0.2) is 0 Å². The van der Waals surface area contributed by atoms with Crippen molar-refractivity contribution in [2.24, 2.45) is 11.7 Å². The van der Waals surface area contributed by atoms with Gasteiger partial charge in [-0.1, -0.05) is 12.2 Å². The van der Waals surface area contributed by atoms with E-state index in [0.717, 1.165) is 0 Å². The molecule has 1 aliphatic rings. The average Bonchev–Trinajstić information content (AvgIpc) is 2.43. The van der Waals surface area contributed by atoms with Gasteiger partial charge in [0.2, 0.25) is 5.91 Å². The van der Waals surface area contributed by atoms with Crippen LogP contribution in [0.1, 0.15) is 12.8 Å². The van der Waals surface area contributed by atoms with E-state index >= 15 is 0 Å². The van der Waals surface area contributed by atoms with Gasteiger partial charge in [-0.15, -0.1) is 0 Å². The molecule has 1 heterocycles. The molecule has 1 saturated heterocycles. The molecule has 106 valence electrons. The van der Waals surface area contributed by atoms with Gasteiger partial charge in [-0.25, -0.2) is 0 Å². The summed E-state index contributed by atoms with van der Waals surface area (Å²) in [5, 5.41) is 4.93. The highest BCUT2D eigenvalue weighted by molar-refractivity contribution is 7.80. The molecule has 0 radical (unpaired) electrons. The van der Waals surface area contributed by atoms with Crippen molar-refractivity contribution in [2.45, 2.75) is 12.8 Å². The standard InChI is InChI=1S/C11H18N4O3S/c1-13-9(16)7-2-4-15(5-3-7)11(18)10(17)14-6-8(12)19/h7H,2-6H2,1H3,(H2,12,19)(H,13,16)(H,14,17). The summed E-state index contributed by atoms with van der Waals surface area (Å²) >= 11 is 4.61. The van der Waals surface area contributed by atoms with Gasteiger partial charge in [0.15, 0.2) is 0 Å². The Morgan fingerprint density at radius 2 is 1.89 bits per heavy atom. The van der Waals surface area contributed by atoms with E-state index < -0.39 is 11.8 Å². The molecule has 0 aliphatic carbocycles. The third-order valence-electron chi connectivity index (χ3n) is 3.02. The molecule has 1 rings (SSSR count). The largest absolute Gasteiger partial charge is 0.392 e. The first-order valence-corrected chi connectivity index (χ1v) is 6.43. The van der Waals surface area contributed by atoms with Crippen molar-refractivity contribution in [2.75, 3.05) is 26.7 Å². The van der Waals surface area contributed by atoms with Gasteiger partial charge in [-0.3, -0.25) is 14.4 Å². The fourth-order valence-electron chi connectivity index (χ4n) is 1.94. The maximum Gasteiger partial charge on any atom is 0.311 e. The van der Waals surface area contributed by atoms with Crippen molar-refractivity contribution in [1.29, 1.82) is 0 Å². The molecule has 3 amide bonds. The van der Waals surface area contributed by atoms with E-state index in [0.29, 0.717) is 25.9 Å². The second-order valence-electron chi connectivity index (χ2n) is 4.33. The molecule has 4 N–H and O–H groups in total. The number of thiocarbonyl (C=S) groups is 1. The highest BCUT2D eigenvalue weighted by Gasteiger charge is 2.29. The minimum atomic E-state index is -0.716. The van der Waals surface area contributed by atoms with Crippen LogP contribution in [0.5, 0.6) is 0 Å². The molecule has 0 aromatic rings. The first kappa shape index (κ1) is 15.4. The number of nitrogens with zero attached hydrogens (tertiary/aromatic N) is 1. The van der Waals surface area contributed by atoms with Crippen LogP contribution in [0.2, 0.25) is 0 Å². The van der Waals surface area contributed by atoms with Crippen molar-refractivity contribution in [3.63, 3.8) is 0 Å². The van der Waals surface area contributed by atoms with Crippen LogP contribution in [-0.2, 0) is 14.4 Å². The van der Waals surface area contributed by atoms with Crippen LogP contribution in [0, 0.1) is 5.92 Å². The third kappa shape index (κ3) is 4.47. The van der Waals surface area contributed by atoms with Gasteiger partial charge in [0, 0.05) is 26.1 Å². The number of carbonyl (C=O) groups is 3. The fraction of sp³-hybridized carbons (Fsp3) is 0.636. The molecule has 0 saturated carbocycles. The molecule has 0 bridgehead atoms. The SMILES string of the molecule is CNC(=O)C1CCN(C(=O)C(=O)NCC(N)=S)CC1. The van der Waals surface area contributed by atoms with E-state index in [1.165, 1.54) is 4.90 Å². The molecule has 1 fully saturated rings. The van der Waals surface area contributed by atoms with Gasteiger partial charge >= 0.3 is 11.8 Å². The van der Waals surface area contributed by atoms with E-state index in [2.05, 4.69) is 22.9 Å². The van der Waals surface area contributed by atoms with E-state index in [4.69, 9.17) is 5.73 Å². The predicted octanol–water partition coefficient (Wildman–Crippen LogP) is -1.63. The van der Waals surface area contributed by atoms with E-state index in [1.54, 1.807) is 7.05 Å². The highest BCUT2D eigenvalue weighted by atomic mass is 32.1. The first-order chi connectivity index (χ1) is 8.95. The summed E-state index contributed by atoms with van der Waals surface area (Å²) in [6, 6.07) is 0. The number of amides is 3. The molecule has 0 atom stereocenters. The summed E-state index contributed by atoms with van der Waals surface area (Å²) in [4.78, 5) is 36.3. The smallest absolute Gasteiger partial charge is 0.311 e. The van der Waals surface area contributed by atoms with Crippen LogP contribution in [0.4, 0.5) is 0 Å². The minimum absolute atomic E-state index is 0.00854. The lowest BCUT2D eigenvalue weighted by Crippen LogP contribution is -2.49. The van der Waals surface area contributed by atoms with Crippen LogP contribution in [-0.4, -0.2) is 54.3 Å². The molecule has 1 aliphatic heterocycles. The second-order valence-corrected chi connectivity index (χ2v) is 4.85. The number of nitrogens with two attached hydrogens (primary N) is 1. The lowest BCUT2D eigenvalue weighted by molar-refractivity contribution is -0.147. The maximum atomic E-state index is 11.8. The zero-order valence-electron chi connectivity index (χ0n) is 10.8. The van der Waals surface area contributed by atoms with E-state index in [1.807, 2.05) is 0 Å². The zero-order valence-corrected chi connectivity index (χ0v) is 11.6. The van der Waals surface area contributed by atoms with Crippen molar-refractivity contribution >= 4 is 34.9 Å². The minimum Gasteiger partial charge on any atom is -0.392 e. The number of carbonyl (C=O) groups excluding carboxylic acids is 3. The number of rotatable bonds is 3. The van der Waals surface area contributed by atoms with Crippen LogP contribution in [0.3, 0.4) is 0 Å². The van der Waals surface area contributed by atoms with Gasteiger partial charge in [0.05, 0.1) is 11.5 Å².